The van der Waals surface area contributed by atoms with Crippen LogP contribution in [0.5, 0.6) is 0 Å². The summed E-state index contributed by atoms with van der Waals surface area (Å²) in [6.07, 6.45) is 4.14. The molecule has 69 valence electrons. The average molecular weight is 242 g/mol. The molecule has 0 aliphatic carbocycles. The number of rotatable bonds is 0. The van der Waals surface area contributed by atoms with Crippen LogP contribution in [0.1, 0.15) is 47.0 Å². The predicted octanol–water partition coefficient (Wildman–Crippen LogP) is 2.91. The topological polar surface area (TPSA) is 3.24 Å². The molecule has 1 fully saturated rings. The van der Waals surface area contributed by atoms with E-state index in [2.05, 4.69) is 31.3 Å². The van der Waals surface area contributed by atoms with Crippen LogP contribution in [0.2, 0.25) is 0 Å². The molecule has 1 saturated heterocycles. The van der Waals surface area contributed by atoms with Gasteiger partial charge in [0.15, 0.2) is 0 Å². The van der Waals surface area contributed by atoms with Crippen LogP contribution in [0.4, 0.5) is 0 Å². The predicted molar refractivity (Wildman–Crippen MR) is 51.1 cm³/mol. The Hall–Kier alpha value is 0.873. The second kappa shape index (κ2) is 3.94. The van der Waals surface area contributed by atoms with Gasteiger partial charge in [-0.25, -0.2) is 0 Å². The van der Waals surface area contributed by atoms with E-state index in [0.29, 0.717) is 11.1 Å². The maximum Gasteiger partial charge on any atom is -0.147 e. The molecule has 1 aliphatic heterocycles. The summed E-state index contributed by atoms with van der Waals surface area (Å²) in [6.45, 7) is 9.49. The van der Waals surface area contributed by atoms with Gasteiger partial charge in [0.25, 0.3) is 0 Å². The molecule has 0 bridgehead atoms. The molecule has 0 spiro atoms. The van der Waals surface area contributed by atoms with Crippen LogP contribution >= 0.6 is 12.4 Å². The quantitative estimate of drug-likeness (QED) is 0.590. The third-order valence-electron chi connectivity index (χ3n) is 3.04. The largest absolute Gasteiger partial charge is 0.147 e. The van der Waals surface area contributed by atoms with Crippen molar-refractivity contribution in [3.8, 4) is 0 Å². The Kier molecular flexibility index (Phi) is 4.23. The van der Waals surface area contributed by atoms with Gasteiger partial charge in [0.1, 0.15) is 0 Å². The van der Waals surface area contributed by atoms with Crippen molar-refractivity contribution in [3.63, 3.8) is 0 Å². The Morgan fingerprint density at radius 3 is 1.58 bits per heavy atom. The van der Waals surface area contributed by atoms with Gasteiger partial charge in [-0.05, 0) is 0 Å². The molecular weight excluding hydrogens is 223 g/mol. The first-order valence-corrected chi connectivity index (χ1v) is 5.80. The molecule has 0 atom stereocenters. The van der Waals surface area contributed by atoms with Crippen LogP contribution in [0.25, 0.3) is 0 Å². The van der Waals surface area contributed by atoms with Crippen molar-refractivity contribution in [1.29, 1.82) is 0 Å². The van der Waals surface area contributed by atoms with Crippen molar-refractivity contribution in [2.75, 3.05) is 0 Å². The molecule has 1 rings (SSSR count). The first-order valence-electron chi connectivity index (χ1n) is 4.47. The summed E-state index contributed by atoms with van der Waals surface area (Å²) in [5.74, 6) is 0. The van der Waals surface area contributed by atoms with Crippen molar-refractivity contribution in [1.82, 2.24) is 3.64 Å². The summed E-state index contributed by atoms with van der Waals surface area (Å²) in [6, 6.07) is 0. The van der Waals surface area contributed by atoms with Crippen LogP contribution in [0.3, 0.4) is 0 Å². The van der Waals surface area contributed by atoms with Crippen molar-refractivity contribution < 1.29 is 18.5 Å². The summed E-state index contributed by atoms with van der Waals surface area (Å²) < 4.78 is 2.64. The fourth-order valence-electron chi connectivity index (χ4n) is 2.04. The van der Waals surface area contributed by atoms with Gasteiger partial charge in [-0.1, -0.05) is 0 Å². The van der Waals surface area contributed by atoms with E-state index in [-0.39, 0.29) is 12.4 Å². The number of nitrogens with zero attached hydrogens (tertiary/aromatic N) is 1. The zero-order valence-corrected chi connectivity index (χ0v) is 12.5. The molecule has 1 aliphatic rings. The third kappa shape index (κ3) is 2.43. The second-order valence-electron chi connectivity index (χ2n) is 4.91. The first kappa shape index (κ1) is 12.9. The Morgan fingerprint density at radius 2 is 1.33 bits per heavy atom. The van der Waals surface area contributed by atoms with E-state index in [1.807, 2.05) is 0 Å². The third-order valence-corrected chi connectivity index (χ3v) is 6.63. The average Bonchev–Trinajstić information content (AvgIpc) is 1.82. The molecule has 0 aromatic carbocycles. The van der Waals surface area contributed by atoms with E-state index in [1.165, 1.54) is 37.8 Å². The second-order valence-corrected chi connectivity index (χ2v) is 6.23. The van der Waals surface area contributed by atoms with E-state index in [4.69, 9.17) is 0 Å². The number of hydrogen-bond donors (Lipinski definition) is 0. The van der Waals surface area contributed by atoms with Crippen LogP contribution in [0, 0.1) is 0 Å². The van der Waals surface area contributed by atoms with Gasteiger partial charge < -0.3 is 0 Å². The molecule has 0 N–H and O–H groups in total. The minimum absolute atomic E-state index is 0. The monoisotopic (exact) mass is 240 g/mol. The Bertz CT molecular complexity index is 141. The van der Waals surface area contributed by atoms with Crippen molar-refractivity contribution in [2.24, 2.45) is 0 Å². The first-order chi connectivity index (χ1) is 4.86. The van der Waals surface area contributed by atoms with Crippen LogP contribution < -0.4 is 0 Å². The molecule has 0 aromatic heterocycles. The smallest absolute Gasteiger partial charge is 0.147 e. The molecule has 0 aromatic rings. The van der Waals surface area contributed by atoms with Crippen molar-refractivity contribution in [2.45, 2.75) is 58.0 Å². The number of piperidine rings is 1. The van der Waals surface area contributed by atoms with Gasteiger partial charge >= 0.3 is 80.2 Å². The summed E-state index contributed by atoms with van der Waals surface area (Å²) in [5.41, 5.74) is 0.920. The van der Waals surface area contributed by atoms with Gasteiger partial charge in [-0.15, -0.1) is 12.4 Å². The summed E-state index contributed by atoms with van der Waals surface area (Å²) in [5, 5.41) is 0. The Balaban J connectivity index is 0.00000121. The van der Waals surface area contributed by atoms with Gasteiger partial charge in [-0.2, -0.15) is 0 Å². The SMILES string of the molecule is CC1(C)CCCC(C)(C)[N]1[Zn].Cl. The van der Waals surface area contributed by atoms with Gasteiger partial charge in [0.2, 0.25) is 0 Å². The van der Waals surface area contributed by atoms with E-state index < -0.39 is 0 Å². The van der Waals surface area contributed by atoms with E-state index >= 15 is 0 Å². The molecule has 1 heterocycles. The molecule has 0 amide bonds. The minimum Gasteiger partial charge on any atom is -0.147 e. The van der Waals surface area contributed by atoms with Crippen LogP contribution in [0.15, 0.2) is 0 Å². The normalized spacial score (nSPS) is 27.8. The van der Waals surface area contributed by atoms with Crippen LogP contribution in [-0.4, -0.2) is 14.7 Å². The molecule has 12 heavy (non-hydrogen) atoms. The number of hydrogen-bond acceptors (Lipinski definition) is 1. The van der Waals surface area contributed by atoms with Crippen molar-refractivity contribution in [3.05, 3.63) is 0 Å². The summed E-state index contributed by atoms with van der Waals surface area (Å²) in [7, 11) is 0. The molecule has 0 saturated carbocycles. The van der Waals surface area contributed by atoms with E-state index in [0.717, 1.165) is 0 Å². The zero-order chi connectivity index (χ0) is 8.70. The molecule has 0 unspecified atom stereocenters. The standard InChI is InChI=1S/C9H18N.ClH.Zn/c1-8(2)6-5-7-9(3,4)10-8;;/h5-7H2,1-4H3;1H;/q-1;;+1. The molecule has 3 heteroatoms. The summed E-state index contributed by atoms with van der Waals surface area (Å²) in [4.78, 5) is 0. The molecule has 1 nitrogen and oxygen atoms in total. The van der Waals surface area contributed by atoms with Crippen molar-refractivity contribution >= 4 is 12.4 Å². The molecule has 0 radical (unpaired) electrons. The number of halogens is 1. The van der Waals surface area contributed by atoms with Gasteiger partial charge in [0.05, 0.1) is 0 Å². The fraction of sp³-hybridized carbons (Fsp3) is 1.00. The van der Waals surface area contributed by atoms with Gasteiger partial charge in [0, 0.05) is 0 Å². The van der Waals surface area contributed by atoms with Crippen LogP contribution in [-0.2, 0) is 18.5 Å². The van der Waals surface area contributed by atoms with E-state index in [1.54, 1.807) is 0 Å². The molecular formula is C9H19ClNZn. The zero-order valence-electron chi connectivity index (χ0n) is 8.68. The minimum atomic E-state index is 0. The summed E-state index contributed by atoms with van der Waals surface area (Å²) >= 11 is 1.31. The van der Waals surface area contributed by atoms with E-state index in [9.17, 15) is 0 Å². The Labute approximate surface area is 92.6 Å². The Morgan fingerprint density at radius 1 is 1.00 bits per heavy atom. The van der Waals surface area contributed by atoms with Gasteiger partial charge in [-0.3, -0.25) is 0 Å². The maximum atomic E-state index is 2.64. The maximum absolute atomic E-state index is 2.64. The fourth-order valence-corrected chi connectivity index (χ4v) is 2.71.